The van der Waals surface area contributed by atoms with Crippen molar-refractivity contribution in [2.75, 3.05) is 19.8 Å². The van der Waals surface area contributed by atoms with Gasteiger partial charge >= 0.3 is 0 Å². The van der Waals surface area contributed by atoms with E-state index >= 15 is 0 Å². The summed E-state index contributed by atoms with van der Waals surface area (Å²) in [7, 11) is 0. The molecule has 1 aliphatic carbocycles. The highest BCUT2D eigenvalue weighted by atomic mass is 16.5. The van der Waals surface area contributed by atoms with Crippen LogP contribution in [0.2, 0.25) is 0 Å². The topological polar surface area (TPSA) is 35.2 Å². The number of hydrogen-bond acceptors (Lipinski definition) is 2. The molecule has 2 atom stereocenters. The van der Waals surface area contributed by atoms with Crippen LogP contribution >= 0.6 is 0 Å². The van der Waals surface area contributed by atoms with Gasteiger partial charge in [0.1, 0.15) is 0 Å². The summed E-state index contributed by atoms with van der Waals surface area (Å²) in [4.78, 5) is 0. The Balaban J connectivity index is 1.87. The van der Waals surface area contributed by atoms with Gasteiger partial charge in [0.05, 0.1) is 0 Å². The Hall–Kier alpha value is -0.0800. The van der Waals surface area contributed by atoms with Gasteiger partial charge in [0.25, 0.3) is 0 Å². The van der Waals surface area contributed by atoms with Crippen LogP contribution in [0.15, 0.2) is 0 Å². The Kier molecular flexibility index (Phi) is 2.14. The van der Waals surface area contributed by atoms with E-state index in [0.29, 0.717) is 0 Å². The summed E-state index contributed by atoms with van der Waals surface area (Å²) in [6.07, 6.45) is 4.08. The molecule has 0 aromatic carbocycles. The van der Waals surface area contributed by atoms with E-state index in [4.69, 9.17) is 10.5 Å². The Labute approximate surface area is 68.1 Å². The van der Waals surface area contributed by atoms with Crippen molar-refractivity contribution in [3.05, 3.63) is 0 Å². The van der Waals surface area contributed by atoms with Gasteiger partial charge in [-0.2, -0.15) is 0 Å². The van der Waals surface area contributed by atoms with E-state index in [1.807, 2.05) is 0 Å². The molecule has 1 aliphatic heterocycles. The molecule has 0 aromatic heterocycles. The molecule has 1 saturated carbocycles. The molecule has 2 fully saturated rings. The van der Waals surface area contributed by atoms with Crippen LogP contribution in [0.1, 0.15) is 19.3 Å². The summed E-state index contributed by atoms with van der Waals surface area (Å²) < 4.78 is 5.36. The lowest BCUT2D eigenvalue weighted by Crippen LogP contribution is -2.25. The summed E-state index contributed by atoms with van der Waals surface area (Å²) in [6, 6.07) is 0. The van der Waals surface area contributed by atoms with Crippen LogP contribution in [0.3, 0.4) is 0 Å². The van der Waals surface area contributed by atoms with Crippen molar-refractivity contribution in [2.24, 2.45) is 23.5 Å². The van der Waals surface area contributed by atoms with Crippen molar-refractivity contribution in [1.82, 2.24) is 0 Å². The molecule has 2 aliphatic rings. The van der Waals surface area contributed by atoms with Crippen LogP contribution in [-0.2, 0) is 4.74 Å². The molecular formula is C9H17NO. The van der Waals surface area contributed by atoms with Gasteiger partial charge in [0.2, 0.25) is 0 Å². The molecule has 0 amide bonds. The van der Waals surface area contributed by atoms with Crippen molar-refractivity contribution in [1.29, 1.82) is 0 Å². The quantitative estimate of drug-likeness (QED) is 0.660. The maximum Gasteiger partial charge on any atom is 0.0498 e. The maximum atomic E-state index is 5.74. The van der Waals surface area contributed by atoms with Crippen LogP contribution in [0.25, 0.3) is 0 Å². The number of ether oxygens (including phenoxy) is 1. The molecule has 2 rings (SSSR count). The van der Waals surface area contributed by atoms with E-state index in [1.54, 1.807) is 0 Å². The van der Waals surface area contributed by atoms with Crippen molar-refractivity contribution in [3.63, 3.8) is 0 Å². The van der Waals surface area contributed by atoms with Crippen molar-refractivity contribution >= 4 is 0 Å². The monoisotopic (exact) mass is 155 g/mol. The molecule has 0 aromatic rings. The summed E-state index contributed by atoms with van der Waals surface area (Å²) in [5.74, 6) is 2.51. The van der Waals surface area contributed by atoms with Crippen LogP contribution in [-0.4, -0.2) is 19.8 Å². The SMILES string of the molecule is NCC(C1CC1)C1CCOC1. The van der Waals surface area contributed by atoms with E-state index in [-0.39, 0.29) is 0 Å². The highest BCUT2D eigenvalue weighted by Crippen LogP contribution is 2.42. The molecule has 2 unspecified atom stereocenters. The molecule has 1 heterocycles. The first-order valence-electron chi connectivity index (χ1n) is 4.69. The van der Waals surface area contributed by atoms with E-state index in [1.165, 1.54) is 19.3 Å². The fourth-order valence-electron chi connectivity index (χ4n) is 2.18. The molecule has 2 nitrogen and oxygen atoms in total. The van der Waals surface area contributed by atoms with Crippen LogP contribution < -0.4 is 5.73 Å². The maximum absolute atomic E-state index is 5.74. The van der Waals surface area contributed by atoms with Crippen LogP contribution in [0.5, 0.6) is 0 Å². The largest absolute Gasteiger partial charge is 0.381 e. The average Bonchev–Trinajstić information content (AvgIpc) is 2.68. The third-order valence-electron chi connectivity index (χ3n) is 3.07. The van der Waals surface area contributed by atoms with E-state index < -0.39 is 0 Å². The van der Waals surface area contributed by atoms with Gasteiger partial charge in [-0.25, -0.2) is 0 Å². The van der Waals surface area contributed by atoms with Gasteiger partial charge in [-0.3, -0.25) is 0 Å². The first-order chi connectivity index (χ1) is 5.42. The lowest BCUT2D eigenvalue weighted by atomic mass is 9.88. The smallest absolute Gasteiger partial charge is 0.0498 e. The summed E-state index contributed by atoms with van der Waals surface area (Å²) >= 11 is 0. The second kappa shape index (κ2) is 3.11. The Morgan fingerprint density at radius 1 is 1.27 bits per heavy atom. The Morgan fingerprint density at radius 3 is 2.55 bits per heavy atom. The normalized spacial score (nSPS) is 34.1. The van der Waals surface area contributed by atoms with Gasteiger partial charge in [0, 0.05) is 13.2 Å². The number of nitrogens with two attached hydrogens (primary N) is 1. The number of hydrogen-bond donors (Lipinski definition) is 1. The fourth-order valence-corrected chi connectivity index (χ4v) is 2.18. The van der Waals surface area contributed by atoms with Crippen molar-refractivity contribution in [3.8, 4) is 0 Å². The van der Waals surface area contributed by atoms with E-state index in [9.17, 15) is 0 Å². The third kappa shape index (κ3) is 1.57. The fraction of sp³-hybridized carbons (Fsp3) is 1.00. The lowest BCUT2D eigenvalue weighted by molar-refractivity contribution is 0.168. The summed E-state index contributed by atoms with van der Waals surface area (Å²) in [5, 5.41) is 0. The second-order valence-electron chi connectivity index (χ2n) is 3.86. The highest BCUT2D eigenvalue weighted by Gasteiger charge is 2.36. The summed E-state index contributed by atoms with van der Waals surface area (Å²) in [6.45, 7) is 2.81. The standard InChI is InChI=1S/C9H17NO/c10-5-9(7-1-2-7)8-3-4-11-6-8/h7-9H,1-6,10H2. The van der Waals surface area contributed by atoms with E-state index in [0.717, 1.165) is 37.5 Å². The average molecular weight is 155 g/mol. The Bertz CT molecular complexity index is 128. The molecule has 0 radical (unpaired) electrons. The molecule has 0 spiro atoms. The van der Waals surface area contributed by atoms with Gasteiger partial charge in [-0.15, -0.1) is 0 Å². The first-order valence-corrected chi connectivity index (χ1v) is 4.69. The number of rotatable bonds is 3. The Morgan fingerprint density at radius 2 is 2.09 bits per heavy atom. The van der Waals surface area contributed by atoms with E-state index in [2.05, 4.69) is 0 Å². The lowest BCUT2D eigenvalue weighted by Gasteiger charge is -2.19. The van der Waals surface area contributed by atoms with Crippen LogP contribution in [0.4, 0.5) is 0 Å². The summed E-state index contributed by atoms with van der Waals surface area (Å²) in [5.41, 5.74) is 5.74. The minimum Gasteiger partial charge on any atom is -0.381 e. The zero-order valence-corrected chi connectivity index (χ0v) is 6.96. The highest BCUT2D eigenvalue weighted by molar-refractivity contribution is 4.87. The predicted molar refractivity (Wildman–Crippen MR) is 44.2 cm³/mol. The predicted octanol–water partition coefficient (Wildman–Crippen LogP) is 1.01. The third-order valence-corrected chi connectivity index (χ3v) is 3.07. The van der Waals surface area contributed by atoms with Gasteiger partial charge in [0.15, 0.2) is 0 Å². The van der Waals surface area contributed by atoms with Crippen molar-refractivity contribution < 1.29 is 4.74 Å². The zero-order chi connectivity index (χ0) is 7.68. The second-order valence-corrected chi connectivity index (χ2v) is 3.86. The minimum absolute atomic E-state index is 0.775. The van der Waals surface area contributed by atoms with Gasteiger partial charge < -0.3 is 10.5 Å². The zero-order valence-electron chi connectivity index (χ0n) is 6.96. The van der Waals surface area contributed by atoms with Crippen LogP contribution in [0, 0.1) is 17.8 Å². The minimum atomic E-state index is 0.775. The molecule has 11 heavy (non-hydrogen) atoms. The molecule has 2 N–H and O–H groups in total. The molecule has 2 heteroatoms. The molecular weight excluding hydrogens is 138 g/mol. The molecule has 64 valence electrons. The molecule has 1 saturated heterocycles. The van der Waals surface area contributed by atoms with Crippen molar-refractivity contribution in [2.45, 2.75) is 19.3 Å². The van der Waals surface area contributed by atoms with Gasteiger partial charge in [-0.1, -0.05) is 0 Å². The first kappa shape index (κ1) is 7.56. The molecule has 0 bridgehead atoms. The van der Waals surface area contributed by atoms with Gasteiger partial charge in [-0.05, 0) is 43.6 Å².